The van der Waals surface area contributed by atoms with Crippen LogP contribution in [-0.2, 0) is 51.1 Å². The number of esters is 1. The molecule has 2 rings (SSSR count). The SMILES string of the molecule is CC[C@@H](/C=C/I)CC[C@@H]1O[C@]2(CC[C@H](C)[C@H](C[C@@H](C)O[Si](C)(C)C(C)(C)C)O2)C[C@H](OC(=O)/C=C/[C@H](C)[C@@H](O[Si](C)(C)C(C)(C)C)[C@H](C)C(=O)[C@H](C)[C@@H](O[Si](C)(C)C(C)(C)C)[C@H](C)C(=O)[C@@H](C)[C@@H](O[Si](C)(C)C(C)(C)C)[C@H](C)CC=O)[C@@H]1C. The maximum absolute atomic E-state index is 15.5. The van der Waals surface area contributed by atoms with Gasteiger partial charge in [-0.15, -0.1) is 0 Å². The van der Waals surface area contributed by atoms with E-state index in [1.165, 1.54) is 0 Å². The average molecular weight is 1350 g/mol. The third-order valence-corrected chi connectivity index (χ3v) is 39.9. The highest BCUT2D eigenvalue weighted by Crippen LogP contribution is 2.48. The summed E-state index contributed by atoms with van der Waals surface area (Å²) in [5.74, 6) is -3.92. The van der Waals surface area contributed by atoms with E-state index >= 15 is 9.59 Å². The predicted octanol–water partition coefficient (Wildman–Crippen LogP) is 18.7. The first-order valence-corrected chi connectivity index (χ1v) is 45.1. The van der Waals surface area contributed by atoms with Crippen LogP contribution in [0.5, 0.6) is 0 Å². The van der Waals surface area contributed by atoms with Gasteiger partial charge in [-0.3, -0.25) is 9.59 Å². The lowest BCUT2D eigenvalue weighted by Gasteiger charge is -2.52. The second kappa shape index (κ2) is 30.9. The van der Waals surface area contributed by atoms with Crippen LogP contribution in [0.1, 0.15) is 204 Å². The number of aldehydes is 1. The molecule has 484 valence electrons. The average Bonchev–Trinajstić information content (AvgIpc) is 3.14. The maximum atomic E-state index is 15.5. The zero-order valence-corrected chi connectivity index (χ0v) is 64.8. The number of allylic oxidation sites excluding steroid dienone is 1. The van der Waals surface area contributed by atoms with Crippen LogP contribution in [0.15, 0.2) is 22.3 Å². The Labute approximate surface area is 527 Å². The fourth-order valence-corrected chi connectivity index (χ4v) is 17.5. The highest BCUT2D eigenvalue weighted by Gasteiger charge is 2.53. The molecular weight excluding hydrogens is 1220 g/mol. The standard InChI is InChI=1S/C67H127IO11Si4/c1-31-53(37-40-68)33-34-54-48(6)56(43-67(74-54)39-36-44(2)55(75-67)42-47(5)76-80(23,24)63(11,12)13)73-57(70)35-32-45(3)60(77-81(25,26)64(14,15)16)49(7)58(71)51(9)62(79-83(29,30)66(20,21)22)52(10)59(72)50(8)61(46(4)38-41-69)78-82(27,28)65(17,18)19/h32,35,37,40-41,44-56,60-62H,31,33-34,36,38-39,42-43H2,1-30H3/b35-32+,40-37+/t44-,45-,46+,47+,48+,49+,50+,51-,52+,53+,54-,55-,56-,60+,61-,62+,67-/m0/s1. The van der Waals surface area contributed by atoms with Crippen LogP contribution in [0.3, 0.4) is 0 Å². The number of Topliss-reactive ketones (excluding diaryl/α,β-unsaturated/α-hetero) is 2. The summed E-state index contributed by atoms with van der Waals surface area (Å²) in [5, 5.41) is -0.416. The number of rotatable bonds is 30. The van der Waals surface area contributed by atoms with Crippen LogP contribution < -0.4 is 0 Å². The second-order valence-corrected chi connectivity index (χ2v) is 52.1. The summed E-state index contributed by atoms with van der Waals surface area (Å²) in [6, 6.07) is 0. The molecule has 0 radical (unpaired) electrons. The van der Waals surface area contributed by atoms with Gasteiger partial charge in [-0.25, -0.2) is 4.79 Å². The van der Waals surface area contributed by atoms with Crippen LogP contribution in [0.4, 0.5) is 0 Å². The van der Waals surface area contributed by atoms with Crippen LogP contribution in [-0.4, -0.2) is 106 Å². The van der Waals surface area contributed by atoms with Gasteiger partial charge in [-0.1, -0.05) is 180 Å². The highest BCUT2D eigenvalue weighted by molar-refractivity contribution is 14.1. The number of ketones is 2. The molecule has 0 aromatic rings. The van der Waals surface area contributed by atoms with E-state index in [2.05, 4.69) is 196 Å². The van der Waals surface area contributed by atoms with E-state index in [4.69, 9.17) is 31.9 Å². The van der Waals surface area contributed by atoms with E-state index in [0.717, 1.165) is 38.4 Å². The molecule has 0 N–H and O–H groups in total. The molecule has 0 amide bonds. The molecule has 0 unspecified atom stereocenters. The van der Waals surface area contributed by atoms with Crippen molar-refractivity contribution in [2.75, 3.05) is 0 Å². The minimum absolute atomic E-state index is 0.0165. The van der Waals surface area contributed by atoms with Gasteiger partial charge in [0.15, 0.2) is 39.1 Å². The van der Waals surface area contributed by atoms with Crippen molar-refractivity contribution in [2.24, 2.45) is 53.3 Å². The molecule has 2 heterocycles. The molecule has 0 saturated carbocycles. The molecule has 2 aliphatic rings. The fraction of sp³-hybridized carbons (Fsp3) is 0.881. The number of carbonyl (C=O) groups is 4. The highest BCUT2D eigenvalue weighted by atomic mass is 127. The Hall–Kier alpha value is -0.682. The summed E-state index contributed by atoms with van der Waals surface area (Å²) in [6.45, 7) is 64.8. The summed E-state index contributed by atoms with van der Waals surface area (Å²) >= 11 is 2.30. The molecule has 0 aliphatic carbocycles. The molecule has 2 saturated heterocycles. The van der Waals surface area contributed by atoms with Gasteiger partial charge in [0.1, 0.15) is 24.0 Å². The Morgan fingerprint density at radius 1 is 0.627 bits per heavy atom. The van der Waals surface area contributed by atoms with Crippen LogP contribution in [0.25, 0.3) is 0 Å². The van der Waals surface area contributed by atoms with Crippen molar-refractivity contribution < 1.29 is 51.1 Å². The van der Waals surface area contributed by atoms with E-state index in [1.54, 1.807) is 6.08 Å². The molecule has 83 heavy (non-hydrogen) atoms. The van der Waals surface area contributed by atoms with Gasteiger partial charge >= 0.3 is 5.97 Å². The van der Waals surface area contributed by atoms with Gasteiger partial charge < -0.3 is 36.7 Å². The van der Waals surface area contributed by atoms with Gasteiger partial charge in [-0.2, -0.15) is 0 Å². The second-order valence-electron chi connectivity index (χ2n) is 32.4. The van der Waals surface area contributed by atoms with Crippen molar-refractivity contribution in [3.8, 4) is 0 Å². The molecule has 0 aromatic carbocycles. The van der Waals surface area contributed by atoms with Crippen LogP contribution >= 0.6 is 22.6 Å². The molecular formula is C67H127IO11Si4. The largest absolute Gasteiger partial charge is 0.459 e. The monoisotopic (exact) mass is 1350 g/mol. The fourth-order valence-electron chi connectivity index (χ4n) is 11.1. The maximum Gasteiger partial charge on any atom is 0.330 e. The van der Waals surface area contributed by atoms with Crippen molar-refractivity contribution in [3.05, 3.63) is 22.3 Å². The lowest BCUT2D eigenvalue weighted by molar-refractivity contribution is -0.347. The summed E-state index contributed by atoms with van der Waals surface area (Å²) in [6.07, 6.45) is 10.0. The molecule has 0 aromatic heterocycles. The van der Waals surface area contributed by atoms with Crippen molar-refractivity contribution in [1.29, 1.82) is 0 Å². The van der Waals surface area contributed by atoms with Crippen LogP contribution in [0.2, 0.25) is 72.5 Å². The van der Waals surface area contributed by atoms with Crippen LogP contribution in [0, 0.1) is 53.3 Å². The Morgan fingerprint density at radius 3 is 1.49 bits per heavy atom. The van der Waals surface area contributed by atoms with E-state index in [-0.39, 0.29) is 74.2 Å². The topological polar surface area (TPSA) is 133 Å². The summed E-state index contributed by atoms with van der Waals surface area (Å²) in [5.41, 5.74) is 0. The van der Waals surface area contributed by atoms with Gasteiger partial charge in [0, 0.05) is 66.9 Å². The summed E-state index contributed by atoms with van der Waals surface area (Å²) in [7, 11) is -9.52. The first-order valence-electron chi connectivity index (χ1n) is 32.2. The van der Waals surface area contributed by atoms with Gasteiger partial charge in [0.2, 0.25) is 0 Å². The number of hydrogen-bond donors (Lipinski definition) is 0. The predicted molar refractivity (Wildman–Crippen MR) is 364 cm³/mol. The lowest BCUT2D eigenvalue weighted by atomic mass is 9.77. The van der Waals surface area contributed by atoms with Crippen molar-refractivity contribution in [3.63, 3.8) is 0 Å². The molecule has 2 fully saturated rings. The summed E-state index contributed by atoms with van der Waals surface area (Å²) < 4.78 is 51.6. The normalized spacial score (nSPS) is 26.2. The zero-order chi connectivity index (χ0) is 64.6. The Balaban J connectivity index is 2.67. The molecule has 1 spiro atoms. The smallest absolute Gasteiger partial charge is 0.330 e. The van der Waals surface area contributed by atoms with Crippen molar-refractivity contribution in [2.45, 2.75) is 325 Å². The van der Waals surface area contributed by atoms with E-state index in [0.29, 0.717) is 24.7 Å². The Bertz CT molecular complexity index is 2130. The zero-order valence-electron chi connectivity index (χ0n) is 58.6. The third-order valence-electron chi connectivity index (χ3n) is 21.4. The minimum atomic E-state index is -2.59. The third kappa shape index (κ3) is 21.5. The number of halogens is 1. The Morgan fingerprint density at radius 2 is 1.05 bits per heavy atom. The number of carbonyl (C=O) groups excluding carboxylic acids is 4. The van der Waals surface area contributed by atoms with E-state index < -0.39 is 93.1 Å². The van der Waals surface area contributed by atoms with E-state index in [9.17, 15) is 9.59 Å². The number of ether oxygens (including phenoxy) is 3. The van der Waals surface area contributed by atoms with Crippen molar-refractivity contribution >= 4 is 79.7 Å². The lowest BCUT2D eigenvalue weighted by Crippen LogP contribution is -2.57. The molecule has 11 nitrogen and oxygen atoms in total. The molecule has 2 aliphatic heterocycles. The van der Waals surface area contributed by atoms with E-state index in [1.807, 2.05) is 47.6 Å². The van der Waals surface area contributed by atoms with Gasteiger partial charge in [-0.05, 0) is 133 Å². The first kappa shape index (κ1) is 78.4. The molecule has 0 bridgehead atoms. The quantitative estimate of drug-likeness (QED) is 0.0224. The number of hydrogen-bond acceptors (Lipinski definition) is 11. The van der Waals surface area contributed by atoms with Crippen molar-refractivity contribution in [1.82, 2.24) is 0 Å². The first-order chi connectivity index (χ1) is 37.5. The van der Waals surface area contributed by atoms with Gasteiger partial charge in [0.25, 0.3) is 0 Å². The Kier molecular flexibility index (Phi) is 29.2. The molecule has 16 heteroatoms. The minimum Gasteiger partial charge on any atom is -0.459 e. The van der Waals surface area contributed by atoms with Gasteiger partial charge in [0.05, 0.1) is 30.5 Å². The summed E-state index contributed by atoms with van der Waals surface area (Å²) in [4.78, 5) is 57.2. The molecule has 17 atom stereocenters.